The number of ether oxygens (including phenoxy) is 5. The molecule has 12 heteroatoms. The molecule has 0 aromatic carbocycles. The number of esters is 4. The Balaban J connectivity index is 0.00000451. The van der Waals surface area contributed by atoms with Crippen molar-refractivity contribution in [2.24, 2.45) is 39.9 Å². The molecule has 2 aliphatic carbocycles. The predicted molar refractivity (Wildman–Crippen MR) is 169 cm³/mol. The van der Waals surface area contributed by atoms with E-state index in [0.717, 1.165) is 0 Å². The van der Waals surface area contributed by atoms with E-state index in [1.165, 1.54) is 19.4 Å². The molecule has 1 aromatic heterocycles. The average Bonchev–Trinajstić information content (AvgIpc) is 3.71. The van der Waals surface area contributed by atoms with E-state index in [-0.39, 0.29) is 11.9 Å². The Bertz CT molecular complexity index is 1500. The summed E-state index contributed by atoms with van der Waals surface area (Å²) in [6.45, 7) is 14.8. The van der Waals surface area contributed by atoms with Gasteiger partial charge in [-0.05, 0) is 36.8 Å². The van der Waals surface area contributed by atoms with E-state index in [0.29, 0.717) is 30.4 Å². The highest BCUT2D eigenvalue weighted by Gasteiger charge is 2.90. The third-order valence-corrected chi connectivity index (χ3v) is 12.6. The van der Waals surface area contributed by atoms with Gasteiger partial charge in [-0.1, -0.05) is 55.4 Å². The van der Waals surface area contributed by atoms with Gasteiger partial charge in [-0.15, -0.1) is 0 Å². The van der Waals surface area contributed by atoms with E-state index < -0.39 is 99.4 Å². The van der Waals surface area contributed by atoms with Crippen molar-refractivity contribution in [2.45, 2.75) is 117 Å². The van der Waals surface area contributed by atoms with Gasteiger partial charge in [-0.3, -0.25) is 14.4 Å². The second-order valence-corrected chi connectivity index (χ2v) is 15.7. The van der Waals surface area contributed by atoms with Crippen LogP contribution in [0.3, 0.4) is 0 Å². The number of carbonyl (C=O) groups excluding carboxylic acids is 4. The van der Waals surface area contributed by atoms with Crippen molar-refractivity contribution >= 4 is 23.9 Å². The summed E-state index contributed by atoms with van der Waals surface area (Å²) >= 11 is 0. The zero-order valence-corrected chi connectivity index (χ0v) is 29.3. The Morgan fingerprint density at radius 2 is 1.73 bits per heavy atom. The molecule has 0 radical (unpaired) electrons. The molecule has 2 bridgehead atoms. The van der Waals surface area contributed by atoms with Gasteiger partial charge in [0.15, 0.2) is 11.7 Å². The van der Waals surface area contributed by atoms with E-state index in [1.807, 2.05) is 34.6 Å². The van der Waals surface area contributed by atoms with Crippen LogP contribution in [0.4, 0.5) is 0 Å². The standard InChI is InChI=1S/C36H48O11.H2O/c1-10-19(4)28(40)46-31-35(41)29(45-27(39)18(2)3)32(5,6)22(15-24(37)42-9)34(8)21-11-13-33(7)23(36(21,31)47-30(34)35)16-25(38)44-26(33)20-12-14-43-17-20;/h12,14,16-19,21-22,26,29-31,41H,10-11,13,15H2,1-9H3;1H2/t19?,21?,22-,26-,29-,30-,31+,33+,34+,35?,36?;/m0./s1. The molecule has 266 valence electrons. The van der Waals surface area contributed by atoms with Gasteiger partial charge in [0.05, 0.1) is 31.5 Å². The molecule has 1 aromatic rings. The molecule has 12 nitrogen and oxygen atoms in total. The van der Waals surface area contributed by atoms with E-state index in [9.17, 15) is 24.3 Å². The smallest absolute Gasteiger partial charge is 0.331 e. The van der Waals surface area contributed by atoms with Gasteiger partial charge in [0.25, 0.3) is 0 Å². The van der Waals surface area contributed by atoms with Crippen molar-refractivity contribution in [1.29, 1.82) is 0 Å². The number of hydrogen-bond acceptors (Lipinski definition) is 11. The van der Waals surface area contributed by atoms with Crippen molar-refractivity contribution in [1.82, 2.24) is 0 Å². The fourth-order valence-electron chi connectivity index (χ4n) is 10.2. The summed E-state index contributed by atoms with van der Waals surface area (Å²) in [4.78, 5) is 53.7. The van der Waals surface area contributed by atoms with Crippen LogP contribution in [-0.4, -0.2) is 71.1 Å². The second-order valence-electron chi connectivity index (χ2n) is 15.7. The lowest BCUT2D eigenvalue weighted by Crippen LogP contribution is -2.80. The monoisotopic (exact) mass is 674 g/mol. The van der Waals surface area contributed by atoms with Gasteiger partial charge in [0.2, 0.25) is 0 Å². The van der Waals surface area contributed by atoms with Crippen LogP contribution in [0.25, 0.3) is 0 Å². The van der Waals surface area contributed by atoms with Gasteiger partial charge < -0.3 is 38.7 Å². The average molecular weight is 675 g/mol. The maximum Gasteiger partial charge on any atom is 0.331 e. The number of furan rings is 1. The summed E-state index contributed by atoms with van der Waals surface area (Å²) in [5.41, 5.74) is -5.07. The lowest BCUT2D eigenvalue weighted by Gasteiger charge is -2.67. The third kappa shape index (κ3) is 4.50. The summed E-state index contributed by atoms with van der Waals surface area (Å²) < 4.78 is 36.4. The van der Waals surface area contributed by atoms with E-state index in [2.05, 4.69) is 0 Å². The van der Waals surface area contributed by atoms with Crippen molar-refractivity contribution in [3.05, 3.63) is 35.8 Å². The molecule has 4 fully saturated rings. The van der Waals surface area contributed by atoms with Crippen LogP contribution in [0.2, 0.25) is 0 Å². The molecule has 3 N–H and O–H groups in total. The largest absolute Gasteiger partial charge is 0.472 e. The fraction of sp³-hybridized carbons (Fsp3) is 0.722. The first-order chi connectivity index (χ1) is 21.9. The minimum atomic E-state index is -2.04. The molecule has 3 aliphatic heterocycles. The Hall–Kier alpha value is -3.22. The van der Waals surface area contributed by atoms with Gasteiger partial charge in [0, 0.05) is 40.2 Å². The van der Waals surface area contributed by atoms with E-state index in [1.54, 1.807) is 33.1 Å². The molecule has 1 spiro atoms. The molecule has 0 amide bonds. The summed E-state index contributed by atoms with van der Waals surface area (Å²) in [6, 6.07) is 1.75. The Labute approximate surface area is 281 Å². The number of methoxy groups -OCH3 is 1. The number of fused-ring (bicyclic) bond motifs is 2. The Morgan fingerprint density at radius 3 is 2.31 bits per heavy atom. The van der Waals surface area contributed by atoms with Crippen LogP contribution in [0.5, 0.6) is 0 Å². The van der Waals surface area contributed by atoms with Gasteiger partial charge in [-0.25, -0.2) is 4.79 Å². The summed E-state index contributed by atoms with van der Waals surface area (Å²) in [5, 5.41) is 13.3. The molecule has 11 atom stereocenters. The minimum Gasteiger partial charge on any atom is -0.472 e. The first-order valence-corrected chi connectivity index (χ1v) is 16.8. The maximum absolute atomic E-state index is 13.8. The summed E-state index contributed by atoms with van der Waals surface area (Å²) in [5.74, 6) is -4.05. The molecular formula is C36H50O12. The van der Waals surface area contributed by atoms with Gasteiger partial charge >= 0.3 is 23.9 Å². The first kappa shape index (κ1) is 36.1. The van der Waals surface area contributed by atoms with Crippen LogP contribution in [0.15, 0.2) is 34.7 Å². The van der Waals surface area contributed by atoms with Crippen molar-refractivity contribution in [3.63, 3.8) is 0 Å². The highest BCUT2D eigenvalue weighted by molar-refractivity contribution is 5.86. The van der Waals surface area contributed by atoms with Gasteiger partial charge in [0.1, 0.15) is 23.9 Å². The predicted octanol–water partition coefficient (Wildman–Crippen LogP) is 4.03. The molecule has 2 saturated carbocycles. The lowest BCUT2D eigenvalue weighted by molar-refractivity contribution is -0.293. The quantitative estimate of drug-likeness (QED) is 0.311. The lowest BCUT2D eigenvalue weighted by atomic mass is 9.37. The zero-order valence-electron chi connectivity index (χ0n) is 29.3. The van der Waals surface area contributed by atoms with E-state index in [4.69, 9.17) is 28.1 Å². The highest BCUT2D eigenvalue weighted by Crippen LogP contribution is 2.79. The van der Waals surface area contributed by atoms with E-state index >= 15 is 0 Å². The normalized spacial score (nSPS) is 40.8. The van der Waals surface area contributed by atoms with Gasteiger partial charge in [-0.2, -0.15) is 0 Å². The number of aliphatic hydroxyl groups is 1. The maximum atomic E-state index is 13.8. The zero-order chi connectivity index (χ0) is 34.5. The number of carbonyl (C=O) groups is 4. The molecule has 48 heavy (non-hydrogen) atoms. The third-order valence-electron chi connectivity index (χ3n) is 12.6. The van der Waals surface area contributed by atoms with Crippen LogP contribution in [0.1, 0.15) is 92.7 Å². The van der Waals surface area contributed by atoms with Crippen LogP contribution in [0, 0.1) is 39.9 Å². The highest BCUT2D eigenvalue weighted by atomic mass is 16.6. The Morgan fingerprint density at radius 1 is 1.06 bits per heavy atom. The molecular weight excluding hydrogens is 624 g/mol. The summed E-state index contributed by atoms with van der Waals surface area (Å²) in [7, 11) is 1.33. The SMILES string of the molecule is CCC(C)C(=O)O[C@H]1C23O[C@@H]4C1(O)[C@@H](OC(=O)C(C)C)C(C)(C)[C@H](CC(=O)OC)[C@@]4(C)C2CC[C@]1(C)C3=CC(=O)O[C@H]1c1ccoc1.O. The van der Waals surface area contributed by atoms with Crippen molar-refractivity contribution < 1.29 is 57.9 Å². The molecule has 4 heterocycles. The van der Waals surface area contributed by atoms with Crippen molar-refractivity contribution in [2.75, 3.05) is 7.11 Å². The van der Waals surface area contributed by atoms with Crippen molar-refractivity contribution in [3.8, 4) is 0 Å². The molecule has 4 unspecified atom stereocenters. The first-order valence-electron chi connectivity index (χ1n) is 16.8. The topological polar surface area (TPSA) is 179 Å². The Kier molecular flexibility index (Phi) is 8.79. The molecule has 6 rings (SSSR count). The molecule has 5 aliphatic rings. The number of cyclic esters (lactones) is 1. The van der Waals surface area contributed by atoms with Crippen LogP contribution < -0.4 is 0 Å². The summed E-state index contributed by atoms with van der Waals surface area (Å²) in [6.07, 6.45) is 1.72. The number of hydrogen-bond donors (Lipinski definition) is 1. The fourth-order valence-corrected chi connectivity index (χ4v) is 10.2. The van der Waals surface area contributed by atoms with Crippen LogP contribution >= 0.6 is 0 Å². The minimum absolute atomic E-state index is 0. The van der Waals surface area contributed by atoms with Crippen LogP contribution in [-0.2, 0) is 42.9 Å². The second kappa shape index (κ2) is 11.7. The number of rotatable bonds is 8. The molecule has 2 saturated heterocycles.